The van der Waals surface area contributed by atoms with Crippen molar-refractivity contribution in [3.05, 3.63) is 11.8 Å². The highest BCUT2D eigenvalue weighted by molar-refractivity contribution is 5.82. The Morgan fingerprint density at radius 2 is 2.18 bits per heavy atom. The minimum Gasteiger partial charge on any atom is -0.542 e. The average molecular weight is 249 g/mol. The van der Waals surface area contributed by atoms with Gasteiger partial charge in [-0.25, -0.2) is 0 Å². The van der Waals surface area contributed by atoms with Crippen molar-refractivity contribution in [3.8, 4) is 0 Å². The lowest BCUT2D eigenvalue weighted by Crippen LogP contribution is -2.71. The molecule has 17 heavy (non-hydrogen) atoms. The summed E-state index contributed by atoms with van der Waals surface area (Å²) in [6.07, 6.45) is -4.83. The lowest BCUT2D eigenvalue weighted by molar-refractivity contribution is -0.431. The van der Waals surface area contributed by atoms with Crippen LogP contribution in [0.3, 0.4) is 0 Å². The summed E-state index contributed by atoms with van der Waals surface area (Å²) in [4.78, 5) is 10.6. The number of carbonyl (C=O) groups excluding carboxylic acids is 1. The summed E-state index contributed by atoms with van der Waals surface area (Å²) in [7, 11) is 0. The van der Waals surface area contributed by atoms with Gasteiger partial charge in [0.05, 0.1) is 6.61 Å². The van der Waals surface area contributed by atoms with Gasteiger partial charge < -0.3 is 40.8 Å². The SMILES string of the molecule is [NH3+][C@@H]1C=C(C(=O)[O-])O[C@@H]([C@H](O)[C@H](O)CO)[C@@H]1O. The van der Waals surface area contributed by atoms with Crippen molar-refractivity contribution < 1.29 is 40.8 Å². The highest BCUT2D eigenvalue weighted by Gasteiger charge is 2.41. The molecule has 1 rings (SSSR count). The fraction of sp³-hybridized carbons (Fsp3) is 0.667. The number of carbonyl (C=O) groups is 1. The lowest BCUT2D eigenvalue weighted by Gasteiger charge is -2.35. The van der Waals surface area contributed by atoms with Gasteiger partial charge in [0, 0.05) is 6.08 Å². The molecule has 1 aliphatic rings. The van der Waals surface area contributed by atoms with E-state index in [2.05, 4.69) is 5.73 Å². The van der Waals surface area contributed by atoms with E-state index in [4.69, 9.17) is 9.84 Å². The molecule has 0 saturated heterocycles. The smallest absolute Gasteiger partial charge is 0.159 e. The Morgan fingerprint density at radius 3 is 2.65 bits per heavy atom. The van der Waals surface area contributed by atoms with Gasteiger partial charge in [0.1, 0.15) is 36.1 Å². The maximum atomic E-state index is 10.6. The Labute approximate surface area is 96.5 Å². The number of ether oxygens (including phenoxy) is 1. The third-order valence-electron chi connectivity index (χ3n) is 2.52. The first kappa shape index (κ1) is 13.9. The standard InChI is InChI=1S/C9H15NO7/c10-3-1-5(9(15)16)17-8(6(3)13)7(14)4(12)2-11/h1,3-4,6-8,11-14H,2,10H2,(H,15,16)/t3-,4-,6-,7-,8-/m1/s1. The molecule has 7 N–H and O–H groups in total. The fourth-order valence-electron chi connectivity index (χ4n) is 1.51. The van der Waals surface area contributed by atoms with Gasteiger partial charge in [-0.1, -0.05) is 0 Å². The van der Waals surface area contributed by atoms with Crippen molar-refractivity contribution in [2.45, 2.75) is 30.5 Å². The van der Waals surface area contributed by atoms with Crippen LogP contribution in [-0.2, 0) is 9.53 Å². The predicted octanol–water partition coefficient (Wildman–Crippen LogP) is -5.30. The van der Waals surface area contributed by atoms with E-state index >= 15 is 0 Å². The molecular formula is C9H15NO7. The number of aliphatic hydroxyl groups excluding tert-OH is 4. The highest BCUT2D eigenvalue weighted by atomic mass is 16.5. The van der Waals surface area contributed by atoms with E-state index in [0.717, 1.165) is 6.08 Å². The molecule has 5 atom stereocenters. The molecular weight excluding hydrogens is 234 g/mol. The minimum atomic E-state index is -1.64. The second kappa shape index (κ2) is 5.43. The number of hydrogen-bond donors (Lipinski definition) is 5. The van der Waals surface area contributed by atoms with Crippen LogP contribution in [0.1, 0.15) is 0 Å². The van der Waals surface area contributed by atoms with Gasteiger partial charge in [-0.2, -0.15) is 0 Å². The number of aliphatic carboxylic acids is 1. The molecule has 98 valence electrons. The molecule has 0 unspecified atom stereocenters. The van der Waals surface area contributed by atoms with Crippen molar-refractivity contribution in [1.82, 2.24) is 0 Å². The molecule has 0 aromatic carbocycles. The molecule has 0 radical (unpaired) electrons. The van der Waals surface area contributed by atoms with Crippen LogP contribution in [0.25, 0.3) is 0 Å². The topological polar surface area (TPSA) is 158 Å². The van der Waals surface area contributed by atoms with Crippen molar-refractivity contribution in [1.29, 1.82) is 0 Å². The Bertz CT molecular complexity index is 318. The van der Waals surface area contributed by atoms with Crippen molar-refractivity contribution in [2.24, 2.45) is 0 Å². The third kappa shape index (κ3) is 2.93. The first-order chi connectivity index (χ1) is 7.88. The van der Waals surface area contributed by atoms with Crippen molar-refractivity contribution >= 4 is 5.97 Å². The lowest BCUT2D eigenvalue weighted by atomic mass is 9.95. The van der Waals surface area contributed by atoms with Crippen LogP contribution >= 0.6 is 0 Å². The Morgan fingerprint density at radius 1 is 1.59 bits per heavy atom. The maximum absolute atomic E-state index is 10.6. The zero-order valence-electron chi connectivity index (χ0n) is 8.89. The Hall–Kier alpha value is -1.19. The molecule has 0 spiro atoms. The van der Waals surface area contributed by atoms with E-state index < -0.39 is 48.8 Å². The number of aliphatic hydroxyl groups is 4. The van der Waals surface area contributed by atoms with E-state index in [0.29, 0.717) is 0 Å². The van der Waals surface area contributed by atoms with Crippen LogP contribution in [-0.4, -0.2) is 63.5 Å². The van der Waals surface area contributed by atoms with Gasteiger partial charge in [-0.3, -0.25) is 0 Å². The van der Waals surface area contributed by atoms with Crippen molar-refractivity contribution in [2.75, 3.05) is 6.61 Å². The number of hydrogen-bond acceptors (Lipinski definition) is 7. The molecule has 8 nitrogen and oxygen atoms in total. The summed E-state index contributed by atoms with van der Waals surface area (Å²) < 4.78 is 4.80. The number of carboxylic acid groups (broad SMARTS) is 1. The van der Waals surface area contributed by atoms with Gasteiger partial charge in [-0.15, -0.1) is 0 Å². The Balaban J connectivity index is 2.87. The van der Waals surface area contributed by atoms with Gasteiger partial charge in [0.2, 0.25) is 0 Å². The van der Waals surface area contributed by atoms with Gasteiger partial charge in [-0.05, 0) is 0 Å². The van der Waals surface area contributed by atoms with Gasteiger partial charge in [0.25, 0.3) is 0 Å². The van der Waals surface area contributed by atoms with E-state index in [1.165, 1.54) is 0 Å². The predicted molar refractivity (Wildman–Crippen MR) is 49.7 cm³/mol. The molecule has 1 aliphatic heterocycles. The molecule has 0 fully saturated rings. The summed E-state index contributed by atoms with van der Waals surface area (Å²) >= 11 is 0. The number of quaternary nitrogens is 1. The zero-order valence-corrected chi connectivity index (χ0v) is 8.89. The van der Waals surface area contributed by atoms with Gasteiger partial charge in [0.15, 0.2) is 6.10 Å². The summed E-state index contributed by atoms with van der Waals surface area (Å²) in [5.41, 5.74) is 3.48. The van der Waals surface area contributed by atoms with Crippen molar-refractivity contribution in [3.63, 3.8) is 0 Å². The molecule has 0 amide bonds. The normalized spacial score (nSPS) is 32.3. The second-order valence-corrected chi connectivity index (χ2v) is 3.80. The summed E-state index contributed by atoms with van der Waals surface area (Å²) in [5.74, 6) is -2.18. The molecule has 0 aromatic rings. The van der Waals surface area contributed by atoms with Crippen LogP contribution in [0, 0.1) is 0 Å². The Kier molecular flexibility index (Phi) is 4.43. The van der Waals surface area contributed by atoms with E-state index in [1.54, 1.807) is 0 Å². The zero-order chi connectivity index (χ0) is 13.2. The van der Waals surface area contributed by atoms with Crippen LogP contribution in [0.15, 0.2) is 11.8 Å². The summed E-state index contributed by atoms with van der Waals surface area (Å²) in [5, 5.41) is 47.7. The van der Waals surface area contributed by atoms with E-state index in [1.807, 2.05) is 0 Å². The second-order valence-electron chi connectivity index (χ2n) is 3.80. The maximum Gasteiger partial charge on any atom is 0.159 e. The highest BCUT2D eigenvalue weighted by Crippen LogP contribution is 2.20. The molecule has 0 aliphatic carbocycles. The minimum absolute atomic E-state index is 0.565. The molecule has 0 saturated carbocycles. The summed E-state index contributed by atoms with van der Waals surface area (Å²) in [6.45, 7) is -0.750. The van der Waals surface area contributed by atoms with Crippen LogP contribution < -0.4 is 10.8 Å². The molecule has 0 aromatic heterocycles. The molecule has 8 heteroatoms. The third-order valence-corrected chi connectivity index (χ3v) is 2.52. The van der Waals surface area contributed by atoms with Gasteiger partial charge >= 0.3 is 0 Å². The van der Waals surface area contributed by atoms with E-state index in [-0.39, 0.29) is 0 Å². The quantitative estimate of drug-likeness (QED) is 0.333. The molecule has 1 heterocycles. The van der Waals surface area contributed by atoms with Crippen LogP contribution in [0.4, 0.5) is 0 Å². The van der Waals surface area contributed by atoms with Crippen LogP contribution in [0.5, 0.6) is 0 Å². The average Bonchev–Trinajstić information content (AvgIpc) is 2.30. The van der Waals surface area contributed by atoms with Crippen LogP contribution in [0.2, 0.25) is 0 Å². The largest absolute Gasteiger partial charge is 0.542 e. The number of rotatable bonds is 4. The first-order valence-electron chi connectivity index (χ1n) is 4.96. The van der Waals surface area contributed by atoms with E-state index in [9.17, 15) is 25.2 Å². The molecule has 0 bridgehead atoms. The monoisotopic (exact) mass is 249 g/mol. The summed E-state index contributed by atoms with van der Waals surface area (Å²) in [6, 6.07) is -0.831. The fourth-order valence-corrected chi connectivity index (χ4v) is 1.51. The number of carboxylic acids is 1. The first-order valence-corrected chi connectivity index (χ1v) is 4.96.